The summed E-state index contributed by atoms with van der Waals surface area (Å²) in [6, 6.07) is 14.9. The fourth-order valence-corrected chi connectivity index (χ4v) is 3.50. The summed E-state index contributed by atoms with van der Waals surface area (Å²) >= 11 is 1.65. The van der Waals surface area contributed by atoms with E-state index in [1.807, 2.05) is 23.6 Å². The van der Waals surface area contributed by atoms with Crippen molar-refractivity contribution in [3.63, 3.8) is 0 Å². The van der Waals surface area contributed by atoms with Crippen molar-refractivity contribution in [3.8, 4) is 11.4 Å². The second-order valence-corrected chi connectivity index (χ2v) is 6.34. The first-order valence-corrected chi connectivity index (χ1v) is 8.40. The van der Waals surface area contributed by atoms with Gasteiger partial charge in [-0.15, -0.1) is 21.5 Å². The smallest absolute Gasteiger partial charge is 0.274 e. The molecule has 0 aliphatic rings. The number of hydroxylamine groups is 1. The molecule has 8 heteroatoms. The lowest BCUT2D eigenvalue weighted by Gasteiger charge is -2.02. The highest BCUT2D eigenvalue weighted by atomic mass is 32.1. The van der Waals surface area contributed by atoms with Gasteiger partial charge in [0.05, 0.1) is 6.54 Å². The van der Waals surface area contributed by atoms with Gasteiger partial charge in [0, 0.05) is 26.6 Å². The van der Waals surface area contributed by atoms with E-state index in [2.05, 4.69) is 21.5 Å². The quantitative estimate of drug-likeness (QED) is 0.436. The van der Waals surface area contributed by atoms with Gasteiger partial charge in [-0.3, -0.25) is 10.0 Å². The first kappa shape index (κ1) is 15.4. The normalized spacial score (nSPS) is 10.9. The van der Waals surface area contributed by atoms with Crippen LogP contribution in [0.3, 0.4) is 0 Å². The van der Waals surface area contributed by atoms with Crippen LogP contribution in [0.5, 0.6) is 0 Å². The van der Waals surface area contributed by atoms with Crippen LogP contribution < -0.4 is 5.48 Å². The molecule has 2 aromatic heterocycles. The van der Waals surface area contributed by atoms with Crippen molar-refractivity contribution in [2.24, 2.45) is 0 Å². The van der Waals surface area contributed by atoms with Crippen LogP contribution in [-0.4, -0.2) is 31.3 Å². The van der Waals surface area contributed by atoms with E-state index in [9.17, 15) is 4.79 Å². The Balaban J connectivity index is 1.56. The summed E-state index contributed by atoms with van der Waals surface area (Å²) in [5.74, 6) is 0.0470. The Bertz CT molecular complexity index is 1040. The van der Waals surface area contributed by atoms with Crippen molar-refractivity contribution >= 4 is 27.3 Å². The van der Waals surface area contributed by atoms with Crippen molar-refractivity contribution in [1.82, 2.24) is 25.7 Å². The van der Waals surface area contributed by atoms with Crippen LogP contribution in [0.25, 0.3) is 21.5 Å². The lowest BCUT2D eigenvalue weighted by atomic mass is 10.1. The van der Waals surface area contributed by atoms with Crippen molar-refractivity contribution in [2.75, 3.05) is 0 Å². The molecule has 0 aliphatic carbocycles. The molecule has 0 saturated carbocycles. The fraction of sp³-hybridized carbons (Fsp3) is 0.0588. The number of benzene rings is 2. The summed E-state index contributed by atoms with van der Waals surface area (Å²) < 4.78 is 1.19. The molecule has 4 aromatic rings. The van der Waals surface area contributed by atoms with Gasteiger partial charge < -0.3 is 0 Å². The highest BCUT2D eigenvalue weighted by Gasteiger charge is 2.12. The molecule has 0 atom stereocenters. The number of tetrazole rings is 1. The standard InChI is InChI=1S/C17H13N5O2S/c23-17(20-24)12-7-5-11(6-8-12)9-22-19-16(18-21-22)14-10-25-15-4-2-1-3-13(14)15/h1-8,10,24H,9H2,(H,20,23). The summed E-state index contributed by atoms with van der Waals surface area (Å²) in [4.78, 5) is 12.8. The van der Waals surface area contributed by atoms with E-state index in [4.69, 9.17) is 5.21 Å². The number of carbonyl (C=O) groups is 1. The molecule has 0 aliphatic heterocycles. The van der Waals surface area contributed by atoms with E-state index in [1.54, 1.807) is 41.1 Å². The van der Waals surface area contributed by atoms with E-state index in [0.717, 1.165) is 16.5 Å². The third kappa shape index (κ3) is 3.00. The van der Waals surface area contributed by atoms with E-state index in [1.165, 1.54) is 9.50 Å². The van der Waals surface area contributed by atoms with Gasteiger partial charge in [-0.2, -0.15) is 4.80 Å². The molecule has 124 valence electrons. The number of thiophene rings is 1. The Morgan fingerprint density at radius 3 is 2.76 bits per heavy atom. The van der Waals surface area contributed by atoms with E-state index >= 15 is 0 Å². The average Bonchev–Trinajstić information content (AvgIpc) is 3.28. The van der Waals surface area contributed by atoms with Crippen LogP contribution >= 0.6 is 11.3 Å². The second kappa shape index (κ2) is 6.42. The van der Waals surface area contributed by atoms with Crippen molar-refractivity contribution < 1.29 is 10.0 Å². The number of fused-ring (bicyclic) bond motifs is 1. The summed E-state index contributed by atoms with van der Waals surface area (Å²) in [5.41, 5.74) is 3.88. The summed E-state index contributed by atoms with van der Waals surface area (Å²) in [6.45, 7) is 0.441. The monoisotopic (exact) mass is 351 g/mol. The average molecular weight is 351 g/mol. The van der Waals surface area contributed by atoms with Gasteiger partial charge in [0.1, 0.15) is 0 Å². The lowest BCUT2D eigenvalue weighted by molar-refractivity contribution is 0.0706. The number of rotatable bonds is 4. The minimum atomic E-state index is -0.544. The molecule has 0 fully saturated rings. The van der Waals surface area contributed by atoms with Gasteiger partial charge in [-0.25, -0.2) is 5.48 Å². The molecular weight excluding hydrogens is 338 g/mol. The van der Waals surface area contributed by atoms with Gasteiger partial charge in [0.15, 0.2) is 0 Å². The fourth-order valence-electron chi connectivity index (χ4n) is 2.56. The molecule has 0 unspecified atom stereocenters. The number of aromatic nitrogens is 4. The predicted molar refractivity (Wildman–Crippen MR) is 93.4 cm³/mol. The Morgan fingerprint density at radius 2 is 1.96 bits per heavy atom. The molecule has 0 spiro atoms. The Kier molecular flexibility index (Phi) is 3.96. The molecule has 7 nitrogen and oxygen atoms in total. The second-order valence-electron chi connectivity index (χ2n) is 5.43. The molecule has 2 aromatic carbocycles. The van der Waals surface area contributed by atoms with Gasteiger partial charge in [-0.05, 0) is 29.0 Å². The molecular formula is C17H13N5O2S. The zero-order valence-electron chi connectivity index (χ0n) is 13.0. The van der Waals surface area contributed by atoms with Crippen LogP contribution in [0.15, 0.2) is 53.9 Å². The number of hydrogen-bond donors (Lipinski definition) is 2. The molecule has 25 heavy (non-hydrogen) atoms. The van der Waals surface area contributed by atoms with Crippen LogP contribution in [0, 0.1) is 0 Å². The van der Waals surface area contributed by atoms with E-state index < -0.39 is 5.91 Å². The Hall–Kier alpha value is -3.10. The van der Waals surface area contributed by atoms with E-state index in [0.29, 0.717) is 17.9 Å². The molecule has 2 N–H and O–H groups in total. The van der Waals surface area contributed by atoms with Crippen molar-refractivity contribution in [1.29, 1.82) is 0 Å². The van der Waals surface area contributed by atoms with Gasteiger partial charge in [-0.1, -0.05) is 30.3 Å². The predicted octanol–water partition coefficient (Wildman–Crippen LogP) is 2.72. The Labute approximate surface area is 146 Å². The highest BCUT2D eigenvalue weighted by Crippen LogP contribution is 2.31. The van der Waals surface area contributed by atoms with Crippen LogP contribution in [0.1, 0.15) is 15.9 Å². The lowest BCUT2D eigenvalue weighted by Crippen LogP contribution is -2.18. The number of hydrogen-bond acceptors (Lipinski definition) is 6. The largest absolute Gasteiger partial charge is 0.288 e. The zero-order valence-corrected chi connectivity index (χ0v) is 13.8. The summed E-state index contributed by atoms with van der Waals surface area (Å²) in [6.07, 6.45) is 0. The van der Waals surface area contributed by atoms with Crippen molar-refractivity contribution in [2.45, 2.75) is 6.54 Å². The molecule has 0 radical (unpaired) electrons. The zero-order chi connectivity index (χ0) is 17.2. The minimum Gasteiger partial charge on any atom is -0.288 e. The molecule has 0 saturated heterocycles. The molecule has 4 rings (SSSR count). The maximum atomic E-state index is 11.3. The first-order valence-electron chi connectivity index (χ1n) is 7.52. The highest BCUT2D eigenvalue weighted by molar-refractivity contribution is 7.17. The topological polar surface area (TPSA) is 92.9 Å². The third-order valence-electron chi connectivity index (χ3n) is 3.82. The number of nitrogens with one attached hydrogen (secondary N) is 1. The first-order chi connectivity index (χ1) is 12.2. The van der Waals surface area contributed by atoms with Crippen LogP contribution in [-0.2, 0) is 6.54 Å². The minimum absolute atomic E-state index is 0.378. The van der Waals surface area contributed by atoms with Crippen LogP contribution in [0.2, 0.25) is 0 Å². The number of amides is 1. The molecule has 0 bridgehead atoms. The van der Waals surface area contributed by atoms with Crippen molar-refractivity contribution in [3.05, 3.63) is 65.0 Å². The summed E-state index contributed by atoms with van der Waals surface area (Å²) in [5, 5.41) is 24.5. The number of carbonyl (C=O) groups excluding carboxylic acids is 1. The maximum absolute atomic E-state index is 11.3. The molecule has 1 amide bonds. The third-order valence-corrected chi connectivity index (χ3v) is 4.78. The summed E-state index contributed by atoms with van der Waals surface area (Å²) in [7, 11) is 0. The van der Waals surface area contributed by atoms with Gasteiger partial charge in [0.25, 0.3) is 5.91 Å². The van der Waals surface area contributed by atoms with Gasteiger partial charge in [0.2, 0.25) is 5.82 Å². The maximum Gasteiger partial charge on any atom is 0.274 e. The Morgan fingerprint density at radius 1 is 1.16 bits per heavy atom. The van der Waals surface area contributed by atoms with Gasteiger partial charge >= 0.3 is 0 Å². The molecule has 2 heterocycles. The SMILES string of the molecule is O=C(NO)c1ccc(Cn2nnc(-c3csc4ccccc34)n2)cc1. The van der Waals surface area contributed by atoms with Crippen LogP contribution in [0.4, 0.5) is 0 Å². The van der Waals surface area contributed by atoms with E-state index in [-0.39, 0.29) is 0 Å². The number of nitrogens with zero attached hydrogens (tertiary/aromatic N) is 4.